The summed E-state index contributed by atoms with van der Waals surface area (Å²) in [4.78, 5) is 6.87. The lowest BCUT2D eigenvalue weighted by atomic mass is 10.2. The van der Waals surface area contributed by atoms with Crippen LogP contribution in [0.5, 0.6) is 0 Å². The maximum atomic E-state index is 4.53. The van der Waals surface area contributed by atoms with Gasteiger partial charge in [-0.25, -0.2) is 0 Å². The van der Waals surface area contributed by atoms with Crippen LogP contribution >= 0.6 is 0 Å². The van der Waals surface area contributed by atoms with Crippen LogP contribution in [0.4, 0.5) is 0 Å². The second-order valence-electron chi connectivity index (χ2n) is 5.37. The summed E-state index contributed by atoms with van der Waals surface area (Å²) in [5.41, 5.74) is 2.39. The van der Waals surface area contributed by atoms with E-state index in [2.05, 4.69) is 62.1 Å². The largest absolute Gasteiger partial charge is 0.310 e. The zero-order valence-corrected chi connectivity index (χ0v) is 12.4. The fourth-order valence-electron chi connectivity index (χ4n) is 1.70. The maximum Gasteiger partial charge on any atom is 0.0544 e. The van der Waals surface area contributed by atoms with Crippen LogP contribution in [0.15, 0.2) is 18.3 Å². The first-order valence-corrected chi connectivity index (χ1v) is 6.90. The molecule has 0 aliphatic carbocycles. The van der Waals surface area contributed by atoms with Crippen molar-refractivity contribution in [2.75, 3.05) is 7.05 Å². The van der Waals surface area contributed by atoms with Crippen molar-refractivity contribution in [3.8, 4) is 0 Å². The van der Waals surface area contributed by atoms with Crippen molar-refractivity contribution in [2.45, 2.75) is 59.3 Å². The number of pyridine rings is 1. The summed E-state index contributed by atoms with van der Waals surface area (Å²) in [6.45, 7) is 10.6. The molecule has 0 saturated carbocycles. The van der Waals surface area contributed by atoms with Crippen molar-refractivity contribution in [1.82, 2.24) is 15.2 Å². The number of nitrogens with zero attached hydrogens (tertiary/aromatic N) is 2. The van der Waals surface area contributed by atoms with Gasteiger partial charge >= 0.3 is 0 Å². The number of hydrogen-bond donors (Lipinski definition) is 1. The highest BCUT2D eigenvalue weighted by Gasteiger charge is 2.07. The van der Waals surface area contributed by atoms with Crippen LogP contribution in [-0.2, 0) is 13.1 Å². The highest BCUT2D eigenvalue weighted by Crippen LogP contribution is 2.07. The molecule has 3 nitrogen and oxygen atoms in total. The molecule has 0 radical (unpaired) electrons. The Morgan fingerprint density at radius 1 is 1.28 bits per heavy atom. The predicted molar refractivity (Wildman–Crippen MR) is 77.4 cm³/mol. The predicted octanol–water partition coefficient (Wildman–Crippen LogP) is 2.81. The average molecular weight is 249 g/mol. The van der Waals surface area contributed by atoms with Crippen LogP contribution in [-0.4, -0.2) is 29.0 Å². The van der Waals surface area contributed by atoms with Crippen molar-refractivity contribution >= 4 is 0 Å². The topological polar surface area (TPSA) is 28.2 Å². The lowest BCUT2D eigenvalue weighted by Gasteiger charge is -2.23. The molecule has 18 heavy (non-hydrogen) atoms. The van der Waals surface area contributed by atoms with Crippen LogP contribution in [0.1, 0.15) is 45.4 Å². The van der Waals surface area contributed by atoms with E-state index in [4.69, 9.17) is 0 Å². The quantitative estimate of drug-likeness (QED) is 0.805. The molecule has 0 saturated heterocycles. The van der Waals surface area contributed by atoms with E-state index in [1.807, 2.05) is 6.20 Å². The third-order valence-electron chi connectivity index (χ3n) is 3.36. The van der Waals surface area contributed by atoms with Crippen LogP contribution in [0.2, 0.25) is 0 Å². The number of aromatic nitrogens is 1. The monoisotopic (exact) mass is 249 g/mol. The summed E-state index contributed by atoms with van der Waals surface area (Å²) in [7, 11) is 2.16. The third kappa shape index (κ3) is 5.15. The minimum absolute atomic E-state index is 0.515. The van der Waals surface area contributed by atoms with Gasteiger partial charge in [0.2, 0.25) is 0 Å². The van der Waals surface area contributed by atoms with Gasteiger partial charge in [0.15, 0.2) is 0 Å². The SMILES string of the molecule is CCC(C)N(C)Cc1ccc(CNC(C)C)cn1. The molecule has 1 atom stereocenters. The van der Waals surface area contributed by atoms with E-state index in [0.29, 0.717) is 12.1 Å². The summed E-state index contributed by atoms with van der Waals surface area (Å²) in [5.74, 6) is 0. The van der Waals surface area contributed by atoms with Crippen LogP contribution in [0.25, 0.3) is 0 Å². The van der Waals surface area contributed by atoms with E-state index >= 15 is 0 Å². The molecular weight excluding hydrogens is 222 g/mol. The molecule has 0 spiro atoms. The Morgan fingerprint density at radius 2 is 2.00 bits per heavy atom. The molecule has 1 unspecified atom stereocenters. The molecule has 1 aromatic heterocycles. The van der Waals surface area contributed by atoms with Crippen molar-refractivity contribution in [2.24, 2.45) is 0 Å². The lowest BCUT2D eigenvalue weighted by molar-refractivity contribution is 0.241. The summed E-state index contributed by atoms with van der Waals surface area (Å²) in [5, 5.41) is 3.40. The van der Waals surface area contributed by atoms with E-state index < -0.39 is 0 Å². The molecule has 0 aliphatic heterocycles. The normalized spacial score (nSPS) is 13.3. The molecular formula is C15H27N3. The van der Waals surface area contributed by atoms with Gasteiger partial charge in [0.25, 0.3) is 0 Å². The number of nitrogens with one attached hydrogen (secondary N) is 1. The Bertz CT molecular complexity index is 332. The van der Waals surface area contributed by atoms with Gasteiger partial charge in [0.05, 0.1) is 5.69 Å². The van der Waals surface area contributed by atoms with Crippen molar-refractivity contribution in [3.05, 3.63) is 29.6 Å². The molecule has 1 heterocycles. The van der Waals surface area contributed by atoms with Gasteiger partial charge in [0.1, 0.15) is 0 Å². The zero-order chi connectivity index (χ0) is 13.5. The Kier molecular flexibility index (Phi) is 6.30. The van der Waals surface area contributed by atoms with Crippen LogP contribution in [0.3, 0.4) is 0 Å². The maximum absolute atomic E-state index is 4.53. The Labute approximate surface area is 112 Å². The Morgan fingerprint density at radius 3 is 2.50 bits per heavy atom. The summed E-state index contributed by atoms with van der Waals surface area (Å²) in [6.07, 6.45) is 3.15. The molecule has 0 aliphatic rings. The highest BCUT2D eigenvalue weighted by atomic mass is 15.1. The summed E-state index contributed by atoms with van der Waals surface area (Å²) >= 11 is 0. The van der Waals surface area contributed by atoms with Gasteiger partial charge in [-0.1, -0.05) is 26.8 Å². The van der Waals surface area contributed by atoms with Crippen LogP contribution < -0.4 is 5.32 Å². The summed E-state index contributed by atoms with van der Waals surface area (Å²) in [6, 6.07) is 5.42. The second-order valence-corrected chi connectivity index (χ2v) is 5.37. The first-order chi connectivity index (χ1) is 8.52. The second kappa shape index (κ2) is 7.49. The van der Waals surface area contributed by atoms with Crippen molar-refractivity contribution in [1.29, 1.82) is 0 Å². The van der Waals surface area contributed by atoms with E-state index in [9.17, 15) is 0 Å². The molecule has 0 fully saturated rings. The molecule has 0 bridgehead atoms. The average Bonchev–Trinajstić information content (AvgIpc) is 2.36. The van der Waals surface area contributed by atoms with E-state index in [0.717, 1.165) is 18.8 Å². The van der Waals surface area contributed by atoms with Gasteiger partial charge in [-0.15, -0.1) is 0 Å². The summed E-state index contributed by atoms with van der Waals surface area (Å²) < 4.78 is 0. The Balaban J connectivity index is 2.49. The minimum Gasteiger partial charge on any atom is -0.310 e. The fraction of sp³-hybridized carbons (Fsp3) is 0.667. The third-order valence-corrected chi connectivity index (χ3v) is 3.36. The Hall–Kier alpha value is -0.930. The molecule has 1 N–H and O–H groups in total. The molecule has 1 aromatic rings. The van der Waals surface area contributed by atoms with Crippen molar-refractivity contribution in [3.63, 3.8) is 0 Å². The standard InChI is InChI=1S/C15H27N3/c1-6-13(4)18(5)11-15-8-7-14(10-17-15)9-16-12(2)3/h7-8,10,12-13,16H,6,9,11H2,1-5H3. The van der Waals surface area contributed by atoms with Gasteiger partial charge in [-0.3, -0.25) is 9.88 Å². The molecule has 0 amide bonds. The minimum atomic E-state index is 0.515. The van der Waals surface area contributed by atoms with Gasteiger partial charge in [0, 0.05) is 31.4 Å². The zero-order valence-electron chi connectivity index (χ0n) is 12.4. The van der Waals surface area contributed by atoms with E-state index in [1.54, 1.807) is 0 Å². The van der Waals surface area contributed by atoms with E-state index in [-0.39, 0.29) is 0 Å². The molecule has 1 rings (SSSR count). The lowest BCUT2D eigenvalue weighted by Crippen LogP contribution is -2.28. The highest BCUT2D eigenvalue weighted by molar-refractivity contribution is 5.14. The molecule has 102 valence electrons. The molecule has 0 aromatic carbocycles. The first kappa shape index (κ1) is 15.1. The van der Waals surface area contributed by atoms with Crippen molar-refractivity contribution < 1.29 is 0 Å². The smallest absolute Gasteiger partial charge is 0.0544 e. The number of rotatable bonds is 7. The van der Waals surface area contributed by atoms with Gasteiger partial charge < -0.3 is 5.32 Å². The van der Waals surface area contributed by atoms with Gasteiger partial charge in [-0.2, -0.15) is 0 Å². The first-order valence-electron chi connectivity index (χ1n) is 6.90. The molecule has 3 heteroatoms. The number of hydrogen-bond acceptors (Lipinski definition) is 3. The van der Waals surface area contributed by atoms with Gasteiger partial charge in [-0.05, 0) is 32.0 Å². The van der Waals surface area contributed by atoms with Crippen LogP contribution in [0, 0.1) is 0 Å². The fourth-order valence-corrected chi connectivity index (χ4v) is 1.70. The van der Waals surface area contributed by atoms with E-state index in [1.165, 1.54) is 12.0 Å².